The van der Waals surface area contributed by atoms with Gasteiger partial charge in [-0.15, -0.1) is 23.1 Å². The van der Waals surface area contributed by atoms with E-state index in [1.807, 2.05) is 23.3 Å². The summed E-state index contributed by atoms with van der Waals surface area (Å²) in [4.78, 5) is 20.7. The Labute approximate surface area is 158 Å². The summed E-state index contributed by atoms with van der Waals surface area (Å²) >= 11 is 3.52. The number of amides is 1. The Hall–Kier alpha value is -1.33. The van der Waals surface area contributed by atoms with Crippen LogP contribution in [0.4, 0.5) is 0 Å². The van der Waals surface area contributed by atoms with Crippen molar-refractivity contribution in [2.45, 2.75) is 56.9 Å². The van der Waals surface area contributed by atoms with Crippen LogP contribution in [-0.2, 0) is 6.42 Å². The van der Waals surface area contributed by atoms with Crippen LogP contribution in [-0.4, -0.2) is 34.1 Å². The second kappa shape index (κ2) is 8.86. The molecule has 3 rings (SSSR count). The van der Waals surface area contributed by atoms with Gasteiger partial charge in [0.15, 0.2) is 0 Å². The Morgan fingerprint density at radius 3 is 3.04 bits per heavy atom. The number of hydrogen-bond donors (Lipinski definition) is 0. The first-order valence-corrected chi connectivity index (χ1v) is 11.0. The molecule has 25 heavy (non-hydrogen) atoms. The number of rotatable bonds is 7. The van der Waals surface area contributed by atoms with E-state index in [1.165, 1.54) is 23.3 Å². The molecule has 0 aliphatic carbocycles. The van der Waals surface area contributed by atoms with E-state index in [2.05, 4.69) is 41.2 Å². The predicted molar refractivity (Wildman–Crippen MR) is 107 cm³/mol. The molecule has 134 valence electrons. The summed E-state index contributed by atoms with van der Waals surface area (Å²) in [6, 6.07) is 6.47. The molecule has 2 aromatic rings. The highest BCUT2D eigenvalue weighted by Gasteiger charge is 2.30. The number of carbonyl (C=O) groups is 1. The average Bonchev–Trinajstić information content (AvgIpc) is 3.28. The van der Waals surface area contributed by atoms with Crippen molar-refractivity contribution in [1.82, 2.24) is 9.88 Å². The highest BCUT2D eigenvalue weighted by atomic mass is 32.2. The second-order valence-corrected chi connectivity index (χ2v) is 8.52. The average molecular weight is 375 g/mol. The molecule has 3 nitrogen and oxygen atoms in total. The van der Waals surface area contributed by atoms with Crippen LogP contribution in [0.2, 0.25) is 0 Å². The molecule has 1 aliphatic rings. The van der Waals surface area contributed by atoms with Crippen molar-refractivity contribution in [2.24, 2.45) is 0 Å². The number of carbonyl (C=O) groups excluding carboxylic acids is 1. The number of likely N-dealkylation sites (tertiary alicyclic amines) is 1. The minimum absolute atomic E-state index is 0.172. The predicted octanol–water partition coefficient (Wildman–Crippen LogP) is 5.19. The largest absolute Gasteiger partial charge is 0.335 e. The van der Waals surface area contributed by atoms with Gasteiger partial charge in [0.1, 0.15) is 0 Å². The van der Waals surface area contributed by atoms with Crippen molar-refractivity contribution in [2.75, 3.05) is 12.3 Å². The molecule has 0 radical (unpaired) electrons. The quantitative estimate of drug-likeness (QED) is 0.494. The lowest BCUT2D eigenvalue weighted by Gasteiger charge is -2.24. The third-order valence-corrected chi connectivity index (χ3v) is 6.64. The van der Waals surface area contributed by atoms with Gasteiger partial charge in [0, 0.05) is 34.8 Å². The van der Waals surface area contributed by atoms with Gasteiger partial charge in [-0.1, -0.05) is 13.3 Å². The van der Waals surface area contributed by atoms with Crippen molar-refractivity contribution < 1.29 is 4.79 Å². The normalized spacial score (nSPS) is 17.2. The molecular weight excluding hydrogens is 348 g/mol. The van der Waals surface area contributed by atoms with Gasteiger partial charge >= 0.3 is 0 Å². The topological polar surface area (TPSA) is 33.2 Å². The lowest BCUT2D eigenvalue weighted by molar-refractivity contribution is 0.0736. The maximum absolute atomic E-state index is 13.0. The number of unbranched alkanes of at least 4 members (excludes halogenated alkanes) is 1. The van der Waals surface area contributed by atoms with Crippen molar-refractivity contribution in [3.63, 3.8) is 0 Å². The maximum Gasteiger partial charge on any atom is 0.254 e. The molecule has 0 N–H and O–H groups in total. The van der Waals surface area contributed by atoms with E-state index in [-0.39, 0.29) is 11.9 Å². The van der Waals surface area contributed by atoms with Crippen LogP contribution in [0.1, 0.15) is 54.2 Å². The first-order valence-electron chi connectivity index (χ1n) is 9.10. The van der Waals surface area contributed by atoms with Gasteiger partial charge in [0.2, 0.25) is 0 Å². The number of thiazole rings is 1. The first-order chi connectivity index (χ1) is 12.2. The van der Waals surface area contributed by atoms with Gasteiger partial charge in [-0.3, -0.25) is 4.79 Å². The van der Waals surface area contributed by atoms with Crippen LogP contribution in [0.5, 0.6) is 0 Å². The van der Waals surface area contributed by atoms with Crippen molar-refractivity contribution in [3.8, 4) is 0 Å². The van der Waals surface area contributed by atoms with E-state index in [0.29, 0.717) is 0 Å². The molecule has 1 aromatic heterocycles. The third kappa shape index (κ3) is 4.64. The second-order valence-electron chi connectivity index (χ2n) is 6.66. The van der Waals surface area contributed by atoms with Crippen LogP contribution in [0, 0.1) is 6.92 Å². The Morgan fingerprint density at radius 2 is 2.32 bits per heavy atom. The molecule has 1 amide bonds. The van der Waals surface area contributed by atoms with Gasteiger partial charge in [-0.05, 0) is 55.7 Å². The first kappa shape index (κ1) is 18.5. The number of aromatic nitrogens is 1. The summed E-state index contributed by atoms with van der Waals surface area (Å²) in [5, 5.41) is 2.09. The summed E-state index contributed by atoms with van der Waals surface area (Å²) in [6.45, 7) is 5.19. The van der Waals surface area contributed by atoms with E-state index < -0.39 is 0 Å². The van der Waals surface area contributed by atoms with E-state index in [0.717, 1.165) is 42.8 Å². The Bertz CT molecular complexity index is 700. The molecule has 0 saturated carbocycles. The van der Waals surface area contributed by atoms with E-state index in [1.54, 1.807) is 11.3 Å². The zero-order valence-corrected chi connectivity index (χ0v) is 16.7. The van der Waals surface area contributed by atoms with Crippen LogP contribution >= 0.6 is 23.1 Å². The lowest BCUT2D eigenvalue weighted by atomic mass is 10.1. The van der Waals surface area contributed by atoms with Crippen molar-refractivity contribution >= 4 is 29.0 Å². The van der Waals surface area contributed by atoms with Gasteiger partial charge in [-0.25, -0.2) is 4.98 Å². The standard InChI is InChI=1S/C20H26N2OS2/c1-3-4-10-25-19-8-7-16(11-15(19)2)20(23)22-9-5-6-18(22)12-17-13-24-14-21-17/h7-8,11,13-14,18H,3-6,9-10,12H2,1-2H3. The minimum atomic E-state index is 0.172. The number of hydrogen-bond acceptors (Lipinski definition) is 4. The smallest absolute Gasteiger partial charge is 0.254 e. The lowest BCUT2D eigenvalue weighted by Crippen LogP contribution is -2.36. The Kier molecular flexibility index (Phi) is 6.54. The fourth-order valence-electron chi connectivity index (χ4n) is 3.33. The van der Waals surface area contributed by atoms with Gasteiger partial charge < -0.3 is 4.90 Å². The van der Waals surface area contributed by atoms with Crippen LogP contribution in [0.15, 0.2) is 34.0 Å². The summed E-state index contributed by atoms with van der Waals surface area (Å²) in [5.74, 6) is 1.32. The van der Waals surface area contributed by atoms with Gasteiger partial charge in [-0.2, -0.15) is 0 Å². The number of thioether (sulfide) groups is 1. The highest BCUT2D eigenvalue weighted by molar-refractivity contribution is 7.99. The summed E-state index contributed by atoms with van der Waals surface area (Å²) < 4.78 is 0. The fraction of sp³-hybridized carbons (Fsp3) is 0.500. The van der Waals surface area contributed by atoms with Crippen LogP contribution in [0.3, 0.4) is 0 Å². The third-order valence-electron chi connectivity index (χ3n) is 4.74. The molecule has 1 unspecified atom stereocenters. The van der Waals surface area contributed by atoms with Gasteiger partial charge in [0.05, 0.1) is 11.2 Å². The maximum atomic E-state index is 13.0. The highest BCUT2D eigenvalue weighted by Crippen LogP contribution is 2.27. The molecule has 5 heteroatoms. The van der Waals surface area contributed by atoms with E-state index >= 15 is 0 Å². The monoisotopic (exact) mass is 374 g/mol. The van der Waals surface area contributed by atoms with Crippen LogP contribution in [0.25, 0.3) is 0 Å². The molecule has 2 heterocycles. The molecule has 1 saturated heterocycles. The summed E-state index contributed by atoms with van der Waals surface area (Å²) in [7, 11) is 0. The molecule has 1 atom stereocenters. The molecule has 1 fully saturated rings. The molecule has 1 aliphatic heterocycles. The zero-order chi connectivity index (χ0) is 17.6. The van der Waals surface area contributed by atoms with Crippen molar-refractivity contribution in [1.29, 1.82) is 0 Å². The van der Waals surface area contributed by atoms with Crippen LogP contribution < -0.4 is 0 Å². The minimum Gasteiger partial charge on any atom is -0.335 e. The summed E-state index contributed by atoms with van der Waals surface area (Å²) in [5.41, 5.74) is 5.01. The van der Waals surface area contributed by atoms with Gasteiger partial charge in [0.25, 0.3) is 5.91 Å². The summed E-state index contributed by atoms with van der Waals surface area (Å²) in [6.07, 6.45) is 5.49. The number of benzene rings is 1. The molecule has 0 bridgehead atoms. The fourth-order valence-corrected chi connectivity index (χ4v) is 5.01. The Balaban J connectivity index is 1.68. The van der Waals surface area contributed by atoms with Crippen molar-refractivity contribution in [3.05, 3.63) is 45.9 Å². The number of aryl methyl sites for hydroxylation is 1. The Morgan fingerprint density at radius 1 is 1.44 bits per heavy atom. The number of nitrogens with zero attached hydrogens (tertiary/aromatic N) is 2. The van der Waals surface area contributed by atoms with E-state index in [4.69, 9.17) is 0 Å². The molecule has 0 spiro atoms. The van der Waals surface area contributed by atoms with E-state index in [9.17, 15) is 4.79 Å². The zero-order valence-electron chi connectivity index (χ0n) is 15.0. The SMILES string of the molecule is CCCCSc1ccc(C(=O)N2CCCC2Cc2cscn2)cc1C. The molecular formula is C20H26N2OS2. The molecule has 1 aromatic carbocycles.